The van der Waals surface area contributed by atoms with E-state index in [0.29, 0.717) is 28.5 Å². The number of nitrogens with two attached hydrogens (primary N) is 1. The number of hydrogen-bond acceptors (Lipinski definition) is 3. The maximum absolute atomic E-state index is 11.6. The first-order chi connectivity index (χ1) is 9.85. The highest BCUT2D eigenvalue weighted by Gasteiger charge is 2.28. The van der Waals surface area contributed by atoms with Gasteiger partial charge in [0, 0.05) is 35.2 Å². The number of rotatable bonds is 2. The molecule has 0 aliphatic heterocycles. The smallest absolute Gasteiger partial charge is 0.159 e. The lowest BCUT2D eigenvalue weighted by Gasteiger charge is -2.28. The lowest BCUT2D eigenvalue weighted by molar-refractivity contribution is -0.117. The van der Waals surface area contributed by atoms with Gasteiger partial charge in [-0.25, -0.2) is 0 Å². The molecule has 2 N–H and O–H groups in total. The van der Waals surface area contributed by atoms with Crippen molar-refractivity contribution in [2.75, 3.05) is 12.3 Å². The molecular weight excluding hydrogens is 286 g/mol. The molecule has 0 bridgehead atoms. The van der Waals surface area contributed by atoms with Gasteiger partial charge in [-0.2, -0.15) is 0 Å². The van der Waals surface area contributed by atoms with E-state index in [4.69, 9.17) is 22.1 Å². The average molecular weight is 304 g/mol. The van der Waals surface area contributed by atoms with Crippen LogP contribution in [0.25, 0.3) is 0 Å². The zero-order chi connectivity index (χ0) is 15.5. The Hall–Kier alpha value is -1.92. The molecule has 1 aliphatic rings. The number of hydrogen-bond donors (Lipinski definition) is 1. The number of benzene rings is 1. The number of anilines is 1. The molecule has 4 heteroatoms. The normalized spacial score (nSPS) is 16.7. The molecule has 0 heterocycles. The van der Waals surface area contributed by atoms with Crippen LogP contribution in [-0.2, 0) is 9.53 Å². The van der Waals surface area contributed by atoms with Crippen molar-refractivity contribution in [1.29, 1.82) is 0 Å². The van der Waals surface area contributed by atoms with E-state index in [1.807, 2.05) is 0 Å². The van der Waals surface area contributed by atoms with Crippen molar-refractivity contribution in [3.05, 3.63) is 40.6 Å². The highest BCUT2D eigenvalue weighted by Crippen LogP contribution is 2.33. The topological polar surface area (TPSA) is 52.3 Å². The molecule has 1 aromatic rings. The maximum Gasteiger partial charge on any atom is 0.159 e. The van der Waals surface area contributed by atoms with Crippen LogP contribution in [0.5, 0.6) is 0 Å². The van der Waals surface area contributed by atoms with Crippen molar-refractivity contribution in [1.82, 2.24) is 0 Å². The third kappa shape index (κ3) is 4.54. The van der Waals surface area contributed by atoms with Crippen LogP contribution in [0.3, 0.4) is 0 Å². The largest absolute Gasteiger partial charge is 0.485 e. The van der Waals surface area contributed by atoms with Crippen molar-refractivity contribution < 1.29 is 9.53 Å². The van der Waals surface area contributed by atoms with Crippen LogP contribution in [0, 0.1) is 17.3 Å². The van der Waals surface area contributed by atoms with Crippen LogP contribution in [-0.4, -0.2) is 12.4 Å². The maximum atomic E-state index is 11.6. The first kappa shape index (κ1) is 15.5. The predicted octanol–water partition coefficient (Wildman–Crippen LogP) is 3.56. The predicted molar refractivity (Wildman–Crippen MR) is 84.8 cm³/mol. The second kappa shape index (κ2) is 6.24. The molecule has 0 radical (unpaired) electrons. The quantitative estimate of drug-likeness (QED) is 0.671. The van der Waals surface area contributed by atoms with Gasteiger partial charge >= 0.3 is 0 Å². The molecule has 110 valence electrons. The molecule has 0 unspecified atom stereocenters. The summed E-state index contributed by atoms with van der Waals surface area (Å²) in [6, 6.07) is 5.16. The second-order valence-electron chi connectivity index (χ2n) is 5.92. The molecule has 0 saturated carbocycles. The minimum atomic E-state index is -0.0496. The van der Waals surface area contributed by atoms with E-state index in [2.05, 4.69) is 25.7 Å². The fourth-order valence-electron chi connectivity index (χ4n) is 2.28. The summed E-state index contributed by atoms with van der Waals surface area (Å²) in [5.41, 5.74) is 7.02. The fraction of sp³-hybridized carbons (Fsp3) is 0.353. The Morgan fingerprint density at radius 1 is 1.38 bits per heavy atom. The summed E-state index contributed by atoms with van der Waals surface area (Å²) in [5, 5.41) is 0.594. The Labute approximate surface area is 130 Å². The van der Waals surface area contributed by atoms with Gasteiger partial charge in [0.1, 0.15) is 12.4 Å². The van der Waals surface area contributed by atoms with Gasteiger partial charge in [-0.15, -0.1) is 0 Å². The van der Waals surface area contributed by atoms with Crippen molar-refractivity contribution in [2.45, 2.75) is 26.7 Å². The molecule has 1 aliphatic carbocycles. The Balaban J connectivity index is 1.98. The summed E-state index contributed by atoms with van der Waals surface area (Å²) in [4.78, 5) is 11.6. The summed E-state index contributed by atoms with van der Waals surface area (Å²) in [7, 11) is 0. The van der Waals surface area contributed by atoms with Crippen molar-refractivity contribution in [3.63, 3.8) is 0 Å². The molecule has 0 amide bonds. The third-order valence-corrected chi connectivity index (χ3v) is 3.43. The van der Waals surface area contributed by atoms with Gasteiger partial charge in [-0.05, 0) is 23.6 Å². The number of nitrogen functional groups attached to an aromatic ring is 1. The molecular formula is C17H18ClNO2. The molecule has 0 atom stereocenters. The van der Waals surface area contributed by atoms with Gasteiger partial charge in [0.05, 0.1) is 0 Å². The highest BCUT2D eigenvalue weighted by molar-refractivity contribution is 6.30. The lowest BCUT2D eigenvalue weighted by Crippen LogP contribution is -2.22. The van der Waals surface area contributed by atoms with Gasteiger partial charge in [-0.3, -0.25) is 4.79 Å². The highest BCUT2D eigenvalue weighted by atomic mass is 35.5. The first-order valence-corrected chi connectivity index (χ1v) is 7.14. The summed E-state index contributed by atoms with van der Waals surface area (Å²) < 4.78 is 5.57. The van der Waals surface area contributed by atoms with Gasteiger partial charge in [0.15, 0.2) is 5.78 Å². The van der Waals surface area contributed by atoms with Gasteiger partial charge in [0.25, 0.3) is 0 Å². The fourth-order valence-corrected chi connectivity index (χ4v) is 2.45. The van der Waals surface area contributed by atoms with Crippen molar-refractivity contribution >= 4 is 23.1 Å². The van der Waals surface area contributed by atoms with Gasteiger partial charge in [0.2, 0.25) is 0 Å². The second-order valence-corrected chi connectivity index (χ2v) is 6.35. The summed E-state index contributed by atoms with van der Waals surface area (Å²) in [5.74, 6) is 6.63. The van der Waals surface area contributed by atoms with E-state index in [1.165, 1.54) is 0 Å². The number of carbonyl (C=O) groups excluding carboxylic acids is 1. The van der Waals surface area contributed by atoms with E-state index in [-0.39, 0.29) is 17.8 Å². The molecule has 3 nitrogen and oxygen atoms in total. The summed E-state index contributed by atoms with van der Waals surface area (Å²) in [6.45, 7) is 4.33. The molecule has 0 saturated heterocycles. The summed E-state index contributed by atoms with van der Waals surface area (Å²) >= 11 is 5.90. The SMILES string of the molecule is CC1(C)CC(=O)C=C(OCC#Cc2cc(Cl)ccc2N)C1. The molecule has 0 aromatic heterocycles. The van der Waals surface area contributed by atoms with Crippen LogP contribution in [0.1, 0.15) is 32.3 Å². The zero-order valence-corrected chi connectivity index (χ0v) is 13.0. The average Bonchev–Trinajstić information content (AvgIpc) is 2.36. The molecule has 0 spiro atoms. The first-order valence-electron chi connectivity index (χ1n) is 6.76. The van der Waals surface area contributed by atoms with Crippen molar-refractivity contribution in [3.8, 4) is 11.8 Å². The van der Waals surface area contributed by atoms with Crippen molar-refractivity contribution in [2.24, 2.45) is 5.41 Å². The van der Waals surface area contributed by atoms with Gasteiger partial charge < -0.3 is 10.5 Å². The van der Waals surface area contributed by atoms with Crippen LogP contribution < -0.4 is 5.73 Å². The Bertz CT molecular complexity index is 650. The number of ketones is 1. The summed E-state index contributed by atoms with van der Waals surface area (Å²) in [6.07, 6.45) is 2.88. The molecule has 21 heavy (non-hydrogen) atoms. The number of halogens is 1. The van der Waals surface area contributed by atoms with Crippen LogP contribution >= 0.6 is 11.6 Å². The molecule has 1 aromatic carbocycles. The Kier molecular flexibility index (Phi) is 4.59. The molecule has 0 fully saturated rings. The monoisotopic (exact) mass is 303 g/mol. The van der Waals surface area contributed by atoms with E-state index in [0.717, 1.165) is 6.42 Å². The molecule has 2 rings (SSSR count). The van der Waals surface area contributed by atoms with E-state index >= 15 is 0 Å². The van der Waals surface area contributed by atoms with E-state index < -0.39 is 0 Å². The number of ether oxygens (including phenoxy) is 1. The minimum absolute atomic E-state index is 0.0496. The Morgan fingerprint density at radius 3 is 2.86 bits per heavy atom. The lowest BCUT2D eigenvalue weighted by atomic mass is 9.79. The van der Waals surface area contributed by atoms with Gasteiger partial charge in [-0.1, -0.05) is 37.3 Å². The Morgan fingerprint density at radius 2 is 2.14 bits per heavy atom. The van der Waals surface area contributed by atoms with Crippen LogP contribution in [0.4, 0.5) is 5.69 Å². The van der Waals surface area contributed by atoms with E-state index in [9.17, 15) is 4.79 Å². The van der Waals surface area contributed by atoms with E-state index in [1.54, 1.807) is 24.3 Å². The standard InChI is InChI=1S/C17H18ClNO2/c1-17(2)10-14(20)9-15(11-17)21-7-3-4-12-8-13(18)5-6-16(12)19/h5-6,8-9H,7,10-11,19H2,1-2H3. The van der Waals surface area contributed by atoms with Crippen LogP contribution in [0.15, 0.2) is 30.0 Å². The minimum Gasteiger partial charge on any atom is -0.485 e. The number of allylic oxidation sites excluding steroid dienone is 2. The number of carbonyl (C=O) groups is 1. The third-order valence-electron chi connectivity index (χ3n) is 3.20. The zero-order valence-electron chi connectivity index (χ0n) is 12.2. The van der Waals surface area contributed by atoms with Crippen LogP contribution in [0.2, 0.25) is 5.02 Å².